The smallest absolute Gasteiger partial charge is 0.281 e. The van der Waals surface area contributed by atoms with Crippen LogP contribution < -0.4 is 0 Å². The molecule has 16 heavy (non-hydrogen) atoms. The molecule has 0 saturated heterocycles. The number of hydrogen-bond donors (Lipinski definition) is 0. The zero-order valence-corrected chi connectivity index (χ0v) is 9.93. The molecule has 80 valence electrons. The van der Waals surface area contributed by atoms with Gasteiger partial charge in [-0.2, -0.15) is 0 Å². The minimum Gasteiger partial charge on any atom is -0.289 e. The number of nitro benzene ring substituents is 1. The summed E-state index contributed by atoms with van der Waals surface area (Å²) in [7, 11) is 0. The SMILES string of the molecule is O=C1C=CC(=O)c2c([N+](=O)[O-])ccc(I)c21. The van der Waals surface area contributed by atoms with E-state index in [2.05, 4.69) is 0 Å². The predicted octanol–water partition coefficient (Wildman–Crippen LogP) is 2.13. The van der Waals surface area contributed by atoms with Crippen molar-refractivity contribution in [3.8, 4) is 0 Å². The molecule has 0 amide bonds. The van der Waals surface area contributed by atoms with Crippen LogP contribution in [-0.2, 0) is 0 Å². The summed E-state index contributed by atoms with van der Waals surface area (Å²) in [6.07, 6.45) is 2.20. The number of ketones is 2. The van der Waals surface area contributed by atoms with E-state index >= 15 is 0 Å². The van der Waals surface area contributed by atoms with E-state index in [-0.39, 0.29) is 22.6 Å². The van der Waals surface area contributed by atoms with E-state index < -0.39 is 10.7 Å². The second-order valence-corrected chi connectivity index (χ2v) is 4.30. The summed E-state index contributed by atoms with van der Waals surface area (Å²) in [4.78, 5) is 33.2. The average molecular weight is 329 g/mol. The minimum absolute atomic E-state index is 0.107. The van der Waals surface area contributed by atoms with Gasteiger partial charge in [-0.15, -0.1) is 0 Å². The molecule has 0 heterocycles. The summed E-state index contributed by atoms with van der Waals surface area (Å²) in [5.41, 5.74) is -0.301. The van der Waals surface area contributed by atoms with Crippen LogP contribution >= 0.6 is 22.6 Å². The van der Waals surface area contributed by atoms with Gasteiger partial charge in [-0.1, -0.05) is 0 Å². The molecule has 0 N–H and O–H groups in total. The summed E-state index contributed by atoms with van der Waals surface area (Å²) in [5.74, 6) is -0.873. The minimum atomic E-state index is -0.654. The molecule has 2 rings (SSSR count). The molecule has 0 atom stereocenters. The number of nitro groups is 1. The topological polar surface area (TPSA) is 77.3 Å². The Labute approximate surface area is 103 Å². The van der Waals surface area contributed by atoms with Crippen molar-refractivity contribution in [1.29, 1.82) is 0 Å². The normalized spacial score (nSPS) is 13.8. The number of rotatable bonds is 1. The second kappa shape index (κ2) is 3.78. The highest BCUT2D eigenvalue weighted by molar-refractivity contribution is 14.1. The molecule has 0 aromatic heterocycles. The highest BCUT2D eigenvalue weighted by atomic mass is 127. The summed E-state index contributed by atoms with van der Waals surface area (Å²) in [5, 5.41) is 10.8. The van der Waals surface area contributed by atoms with Gasteiger partial charge in [0.25, 0.3) is 5.69 Å². The van der Waals surface area contributed by atoms with Crippen molar-refractivity contribution in [2.75, 3.05) is 0 Å². The molecule has 0 fully saturated rings. The molecule has 0 bridgehead atoms. The Morgan fingerprint density at radius 2 is 1.62 bits per heavy atom. The van der Waals surface area contributed by atoms with E-state index in [9.17, 15) is 19.7 Å². The van der Waals surface area contributed by atoms with Crippen LogP contribution in [0.4, 0.5) is 5.69 Å². The van der Waals surface area contributed by atoms with Gasteiger partial charge in [-0.3, -0.25) is 19.7 Å². The van der Waals surface area contributed by atoms with Crippen LogP contribution in [0.15, 0.2) is 24.3 Å². The second-order valence-electron chi connectivity index (χ2n) is 3.14. The van der Waals surface area contributed by atoms with Gasteiger partial charge in [0.15, 0.2) is 11.6 Å². The van der Waals surface area contributed by atoms with Crippen molar-refractivity contribution in [3.63, 3.8) is 0 Å². The van der Waals surface area contributed by atoms with Crippen molar-refractivity contribution in [2.45, 2.75) is 0 Å². The lowest BCUT2D eigenvalue weighted by atomic mass is 9.93. The van der Waals surface area contributed by atoms with Crippen LogP contribution in [0, 0.1) is 13.7 Å². The van der Waals surface area contributed by atoms with Gasteiger partial charge in [0.05, 0.1) is 10.5 Å². The largest absolute Gasteiger partial charge is 0.289 e. The highest BCUT2D eigenvalue weighted by Gasteiger charge is 2.29. The maximum Gasteiger partial charge on any atom is 0.281 e. The lowest BCUT2D eigenvalue weighted by molar-refractivity contribution is -0.385. The third kappa shape index (κ3) is 1.54. The molecule has 1 aromatic rings. The Morgan fingerprint density at radius 3 is 2.19 bits per heavy atom. The fraction of sp³-hybridized carbons (Fsp3) is 0. The first-order valence-electron chi connectivity index (χ1n) is 4.26. The van der Waals surface area contributed by atoms with Crippen LogP contribution in [0.2, 0.25) is 0 Å². The van der Waals surface area contributed by atoms with Gasteiger partial charge >= 0.3 is 0 Å². The van der Waals surface area contributed by atoms with Gasteiger partial charge in [-0.25, -0.2) is 0 Å². The van der Waals surface area contributed by atoms with E-state index in [4.69, 9.17) is 0 Å². The standard InChI is InChI=1S/C10H4INO4/c11-5-1-2-6(12(15)16)10-8(14)4-3-7(13)9(5)10/h1-4H. The lowest BCUT2D eigenvalue weighted by Gasteiger charge is -2.10. The molecule has 0 unspecified atom stereocenters. The Kier molecular flexibility index (Phi) is 2.58. The van der Waals surface area contributed by atoms with Crippen molar-refractivity contribution >= 4 is 39.8 Å². The van der Waals surface area contributed by atoms with Crippen LogP contribution in [0.5, 0.6) is 0 Å². The van der Waals surface area contributed by atoms with E-state index in [1.807, 2.05) is 22.6 Å². The molecule has 1 aliphatic rings. The maximum atomic E-state index is 11.6. The zero-order valence-electron chi connectivity index (χ0n) is 7.77. The molecular formula is C10H4INO4. The number of carbonyl (C=O) groups is 2. The average Bonchev–Trinajstić information content (AvgIpc) is 2.23. The van der Waals surface area contributed by atoms with Gasteiger partial charge in [0.1, 0.15) is 5.56 Å². The van der Waals surface area contributed by atoms with Crippen LogP contribution in [0.25, 0.3) is 0 Å². The molecular weight excluding hydrogens is 325 g/mol. The summed E-state index contributed by atoms with van der Waals surface area (Å²) < 4.78 is 0.543. The van der Waals surface area contributed by atoms with Crippen molar-refractivity contribution in [2.24, 2.45) is 0 Å². The number of allylic oxidation sites excluding steroid dienone is 2. The molecule has 5 nitrogen and oxygen atoms in total. The summed E-state index contributed by atoms with van der Waals surface area (Å²) in [6.45, 7) is 0. The molecule has 6 heteroatoms. The van der Waals surface area contributed by atoms with Crippen molar-refractivity contribution < 1.29 is 14.5 Å². The zero-order chi connectivity index (χ0) is 11.9. The summed E-state index contributed by atoms with van der Waals surface area (Å²) >= 11 is 1.88. The van der Waals surface area contributed by atoms with Gasteiger partial charge in [-0.05, 0) is 40.8 Å². The lowest BCUT2D eigenvalue weighted by Crippen LogP contribution is -2.15. The fourth-order valence-corrected chi connectivity index (χ4v) is 2.24. The fourth-order valence-electron chi connectivity index (χ4n) is 1.53. The number of nitrogens with zero attached hydrogens (tertiary/aromatic N) is 1. The molecule has 1 aromatic carbocycles. The van der Waals surface area contributed by atoms with E-state index in [0.29, 0.717) is 3.57 Å². The Bertz CT molecular complexity index is 562. The van der Waals surface area contributed by atoms with Gasteiger partial charge in [0.2, 0.25) is 0 Å². The van der Waals surface area contributed by atoms with E-state index in [1.54, 1.807) is 0 Å². The highest BCUT2D eigenvalue weighted by Crippen LogP contribution is 2.30. The Balaban J connectivity index is 2.84. The van der Waals surface area contributed by atoms with E-state index in [1.165, 1.54) is 12.1 Å². The Hall–Kier alpha value is -1.57. The number of benzene rings is 1. The van der Waals surface area contributed by atoms with Crippen LogP contribution in [0.3, 0.4) is 0 Å². The molecule has 0 radical (unpaired) electrons. The van der Waals surface area contributed by atoms with Crippen molar-refractivity contribution in [1.82, 2.24) is 0 Å². The van der Waals surface area contributed by atoms with Crippen molar-refractivity contribution in [3.05, 3.63) is 49.1 Å². The van der Waals surface area contributed by atoms with Crippen LogP contribution in [0.1, 0.15) is 20.7 Å². The molecule has 0 aliphatic heterocycles. The van der Waals surface area contributed by atoms with Gasteiger partial charge in [0, 0.05) is 9.64 Å². The van der Waals surface area contributed by atoms with Gasteiger partial charge < -0.3 is 0 Å². The first-order chi connectivity index (χ1) is 7.52. The molecule has 1 aliphatic carbocycles. The Morgan fingerprint density at radius 1 is 1.06 bits per heavy atom. The van der Waals surface area contributed by atoms with Crippen LogP contribution in [-0.4, -0.2) is 16.5 Å². The number of fused-ring (bicyclic) bond motifs is 1. The monoisotopic (exact) mass is 329 g/mol. The number of halogens is 1. The predicted molar refractivity (Wildman–Crippen MR) is 63.6 cm³/mol. The number of carbonyl (C=O) groups excluding carboxylic acids is 2. The molecule has 0 spiro atoms. The first kappa shape index (κ1) is 10.9. The number of hydrogen-bond acceptors (Lipinski definition) is 4. The third-order valence-electron chi connectivity index (χ3n) is 2.21. The summed E-state index contributed by atoms with van der Waals surface area (Å²) in [6, 6.07) is 2.70. The molecule has 0 saturated carbocycles. The first-order valence-corrected chi connectivity index (χ1v) is 5.34. The van der Waals surface area contributed by atoms with E-state index in [0.717, 1.165) is 12.2 Å². The third-order valence-corrected chi connectivity index (χ3v) is 3.11. The maximum absolute atomic E-state index is 11.6. The quantitative estimate of drug-likeness (QED) is 0.449.